The Kier molecular flexibility index (Phi) is 3.45. The summed E-state index contributed by atoms with van der Waals surface area (Å²) in [6.45, 7) is 6.48. The van der Waals surface area contributed by atoms with Gasteiger partial charge in [-0.1, -0.05) is 0 Å². The minimum Gasteiger partial charge on any atom is -0.354 e. The number of aromatic nitrogens is 1. The van der Waals surface area contributed by atoms with E-state index in [2.05, 4.69) is 42.7 Å². The van der Waals surface area contributed by atoms with Crippen LogP contribution in [0.2, 0.25) is 0 Å². The van der Waals surface area contributed by atoms with Crippen LogP contribution in [0.15, 0.2) is 23.3 Å². The molecule has 15 heavy (non-hydrogen) atoms. The highest BCUT2D eigenvalue weighted by atomic mass is 15.2. The first-order valence-electron chi connectivity index (χ1n) is 5.08. The lowest BCUT2D eigenvalue weighted by Gasteiger charge is -2.33. The van der Waals surface area contributed by atoms with Gasteiger partial charge in [0.15, 0.2) is 0 Å². The Labute approximate surface area is 91.9 Å². The van der Waals surface area contributed by atoms with E-state index in [1.165, 1.54) is 0 Å². The summed E-state index contributed by atoms with van der Waals surface area (Å²) in [5, 5.41) is 0. The van der Waals surface area contributed by atoms with Gasteiger partial charge in [0.2, 0.25) is 0 Å². The van der Waals surface area contributed by atoms with Crippen molar-refractivity contribution < 1.29 is 0 Å². The molecule has 0 bridgehead atoms. The third-order valence-corrected chi connectivity index (χ3v) is 2.41. The predicted octanol–water partition coefficient (Wildman–Crippen LogP) is 2.37. The van der Waals surface area contributed by atoms with Crippen LogP contribution in [0.4, 0.5) is 5.82 Å². The smallest absolute Gasteiger partial charge is 0.137 e. The third kappa shape index (κ3) is 2.78. The van der Waals surface area contributed by atoms with E-state index < -0.39 is 0 Å². The van der Waals surface area contributed by atoms with E-state index >= 15 is 0 Å². The van der Waals surface area contributed by atoms with Crippen molar-refractivity contribution in [3.05, 3.63) is 23.9 Å². The van der Waals surface area contributed by atoms with Crippen LogP contribution in [0.5, 0.6) is 0 Å². The molecule has 0 fully saturated rings. The summed E-state index contributed by atoms with van der Waals surface area (Å²) in [6, 6.07) is 3.95. The Hall–Kier alpha value is -1.38. The lowest BCUT2D eigenvalue weighted by Crippen LogP contribution is -2.39. The Bertz CT molecular complexity index is 350. The number of anilines is 1. The number of aliphatic imine (C=N–C) groups is 1. The van der Waals surface area contributed by atoms with Crippen LogP contribution in [0, 0.1) is 0 Å². The standard InChI is InChI=1S/C12H19N3/c1-12(2,3)15(5)11-10(9-13-4)7-6-8-14-11/h6-9H,1-5H3/b13-9-. The molecule has 0 unspecified atom stereocenters. The molecule has 1 aromatic heterocycles. The Morgan fingerprint density at radius 1 is 1.40 bits per heavy atom. The molecule has 0 saturated carbocycles. The fraction of sp³-hybridized carbons (Fsp3) is 0.500. The van der Waals surface area contributed by atoms with Gasteiger partial charge in [-0.15, -0.1) is 0 Å². The van der Waals surface area contributed by atoms with Crippen molar-refractivity contribution in [1.29, 1.82) is 0 Å². The number of hydrogen-bond acceptors (Lipinski definition) is 3. The van der Waals surface area contributed by atoms with Crippen LogP contribution in [-0.4, -0.2) is 30.8 Å². The Balaban J connectivity index is 3.13. The molecule has 0 aliphatic carbocycles. The van der Waals surface area contributed by atoms with Crippen LogP contribution in [-0.2, 0) is 0 Å². The molecule has 0 N–H and O–H groups in total. The summed E-state index contributed by atoms with van der Waals surface area (Å²) in [6.07, 6.45) is 3.65. The SMILES string of the molecule is C/N=C\c1cccnc1N(C)C(C)(C)C. The number of pyridine rings is 1. The van der Waals surface area contributed by atoms with E-state index in [0.29, 0.717) is 0 Å². The molecular formula is C12H19N3. The summed E-state index contributed by atoms with van der Waals surface area (Å²) < 4.78 is 0. The van der Waals surface area contributed by atoms with Gasteiger partial charge in [0.25, 0.3) is 0 Å². The third-order valence-electron chi connectivity index (χ3n) is 2.41. The maximum atomic E-state index is 4.40. The van der Waals surface area contributed by atoms with Gasteiger partial charge in [-0.05, 0) is 32.9 Å². The molecular weight excluding hydrogens is 186 g/mol. The first kappa shape index (κ1) is 11.7. The zero-order valence-electron chi connectivity index (χ0n) is 10.2. The lowest BCUT2D eigenvalue weighted by molar-refractivity contribution is 0.533. The summed E-state index contributed by atoms with van der Waals surface area (Å²) in [5.74, 6) is 0.968. The molecule has 0 saturated heterocycles. The lowest BCUT2D eigenvalue weighted by atomic mass is 10.1. The van der Waals surface area contributed by atoms with E-state index in [9.17, 15) is 0 Å². The second kappa shape index (κ2) is 4.43. The predicted molar refractivity (Wildman–Crippen MR) is 65.9 cm³/mol. The summed E-state index contributed by atoms with van der Waals surface area (Å²) in [7, 11) is 3.82. The fourth-order valence-electron chi connectivity index (χ4n) is 1.25. The minimum absolute atomic E-state index is 0.0602. The van der Waals surface area contributed by atoms with Gasteiger partial charge in [-0.25, -0.2) is 4.98 Å². The van der Waals surface area contributed by atoms with Crippen molar-refractivity contribution >= 4 is 12.0 Å². The van der Waals surface area contributed by atoms with Crippen molar-refractivity contribution in [2.45, 2.75) is 26.3 Å². The summed E-state index contributed by atoms with van der Waals surface area (Å²) in [5.41, 5.74) is 1.11. The molecule has 3 heteroatoms. The molecule has 1 rings (SSSR count). The van der Waals surface area contributed by atoms with Crippen molar-refractivity contribution in [2.75, 3.05) is 19.0 Å². The normalized spacial score (nSPS) is 12.1. The molecule has 1 aromatic rings. The fourth-order valence-corrected chi connectivity index (χ4v) is 1.25. The first-order chi connectivity index (χ1) is 6.96. The second-order valence-electron chi connectivity index (χ2n) is 4.53. The van der Waals surface area contributed by atoms with Crippen LogP contribution in [0.25, 0.3) is 0 Å². The average Bonchev–Trinajstić information content (AvgIpc) is 2.17. The summed E-state index contributed by atoms with van der Waals surface area (Å²) in [4.78, 5) is 10.6. The van der Waals surface area contributed by atoms with Crippen molar-refractivity contribution in [2.24, 2.45) is 4.99 Å². The quantitative estimate of drug-likeness (QED) is 0.693. The van der Waals surface area contributed by atoms with Crippen molar-refractivity contribution in [3.8, 4) is 0 Å². The molecule has 1 heterocycles. The van der Waals surface area contributed by atoms with Crippen molar-refractivity contribution in [1.82, 2.24) is 4.98 Å². The molecule has 0 amide bonds. The van der Waals surface area contributed by atoms with E-state index in [1.807, 2.05) is 24.5 Å². The van der Waals surface area contributed by atoms with Gasteiger partial charge in [-0.3, -0.25) is 4.99 Å². The van der Waals surface area contributed by atoms with E-state index in [0.717, 1.165) is 11.4 Å². The van der Waals surface area contributed by atoms with E-state index in [1.54, 1.807) is 7.05 Å². The molecule has 0 spiro atoms. The molecule has 3 nitrogen and oxygen atoms in total. The zero-order valence-corrected chi connectivity index (χ0v) is 10.2. The Morgan fingerprint density at radius 3 is 2.60 bits per heavy atom. The van der Waals surface area contributed by atoms with Gasteiger partial charge >= 0.3 is 0 Å². The Morgan fingerprint density at radius 2 is 2.07 bits per heavy atom. The van der Waals surface area contributed by atoms with Gasteiger partial charge in [-0.2, -0.15) is 0 Å². The van der Waals surface area contributed by atoms with Gasteiger partial charge in [0.05, 0.1) is 0 Å². The molecule has 0 aliphatic heterocycles. The van der Waals surface area contributed by atoms with E-state index in [-0.39, 0.29) is 5.54 Å². The molecule has 0 aromatic carbocycles. The molecule has 82 valence electrons. The topological polar surface area (TPSA) is 28.5 Å². The largest absolute Gasteiger partial charge is 0.354 e. The minimum atomic E-state index is 0.0602. The van der Waals surface area contributed by atoms with Crippen molar-refractivity contribution in [3.63, 3.8) is 0 Å². The monoisotopic (exact) mass is 205 g/mol. The van der Waals surface area contributed by atoms with E-state index in [4.69, 9.17) is 0 Å². The van der Waals surface area contributed by atoms with Gasteiger partial charge in [0.1, 0.15) is 5.82 Å². The average molecular weight is 205 g/mol. The maximum Gasteiger partial charge on any atom is 0.137 e. The molecule has 0 atom stereocenters. The molecule has 0 aliphatic rings. The van der Waals surface area contributed by atoms with Crippen LogP contribution < -0.4 is 4.90 Å². The van der Waals surface area contributed by atoms with Crippen LogP contribution >= 0.6 is 0 Å². The highest BCUT2D eigenvalue weighted by molar-refractivity contribution is 5.86. The first-order valence-corrected chi connectivity index (χ1v) is 5.08. The zero-order chi connectivity index (χ0) is 11.5. The van der Waals surface area contributed by atoms with Crippen LogP contribution in [0.1, 0.15) is 26.3 Å². The highest BCUT2D eigenvalue weighted by Gasteiger charge is 2.20. The molecule has 0 radical (unpaired) electrons. The van der Waals surface area contributed by atoms with Crippen LogP contribution in [0.3, 0.4) is 0 Å². The number of hydrogen-bond donors (Lipinski definition) is 0. The second-order valence-corrected chi connectivity index (χ2v) is 4.53. The van der Waals surface area contributed by atoms with Gasteiger partial charge < -0.3 is 4.90 Å². The van der Waals surface area contributed by atoms with Gasteiger partial charge in [0, 0.05) is 37.6 Å². The number of nitrogens with zero attached hydrogens (tertiary/aromatic N) is 3. The maximum absolute atomic E-state index is 4.40. The summed E-state index contributed by atoms with van der Waals surface area (Å²) >= 11 is 0. The highest BCUT2D eigenvalue weighted by Crippen LogP contribution is 2.21. The number of rotatable bonds is 2.